The Morgan fingerprint density at radius 2 is 0.522 bits per heavy atom. The van der Waals surface area contributed by atoms with Gasteiger partial charge < -0.3 is 15.3 Å². The Hall–Kier alpha value is -3.14. The minimum absolute atomic E-state index is 0.135. The number of rotatable bonds is 3. The van der Waals surface area contributed by atoms with Crippen LogP contribution < -0.4 is 4.90 Å². The minimum Gasteiger partial charge on any atom is -0.505 e. The maximum Gasteiger partial charge on any atom is 0.143 e. The molecule has 3 aromatic carbocycles. The van der Waals surface area contributed by atoms with Gasteiger partial charge in [-0.1, -0.05) is 143 Å². The smallest absolute Gasteiger partial charge is 0.143 e. The van der Waals surface area contributed by atoms with Gasteiger partial charge in [-0.25, -0.2) is 0 Å². The summed E-state index contributed by atoms with van der Waals surface area (Å²) in [6.07, 6.45) is 0. The van der Waals surface area contributed by atoms with Gasteiger partial charge in [-0.2, -0.15) is 0 Å². The third-order valence-electron chi connectivity index (χ3n) is 9.01. The Morgan fingerprint density at radius 1 is 0.326 bits per heavy atom. The Morgan fingerprint density at radius 3 is 0.674 bits per heavy atom. The van der Waals surface area contributed by atoms with E-state index in [9.17, 15) is 15.3 Å². The summed E-state index contributed by atoms with van der Waals surface area (Å²) in [5, 5.41) is 36.9. The minimum atomic E-state index is -0.372. The SMILES string of the molecule is CC(C)(C)c1cc(N(c2cc(C(C)(C)C)cc(C(C)(C)C)c2O)c2cc(C(C)(C)C)cc(C(C)(C)C)c2O)c(O)c(C(C)(C)C)c1. The lowest BCUT2D eigenvalue weighted by Gasteiger charge is -2.36. The Labute approximate surface area is 280 Å². The first-order valence-corrected chi connectivity index (χ1v) is 16.8. The summed E-state index contributed by atoms with van der Waals surface area (Å²) in [5.74, 6) is 0.406. The summed E-state index contributed by atoms with van der Waals surface area (Å²) in [5.41, 5.74) is 5.38. The highest BCUT2D eigenvalue weighted by Crippen LogP contribution is 2.54. The van der Waals surface area contributed by atoms with Crippen LogP contribution >= 0.6 is 0 Å². The molecule has 3 N–H and O–H groups in total. The highest BCUT2D eigenvalue weighted by Gasteiger charge is 2.35. The zero-order chi connectivity index (χ0) is 35.7. The van der Waals surface area contributed by atoms with Crippen molar-refractivity contribution in [1.82, 2.24) is 0 Å². The van der Waals surface area contributed by atoms with Crippen molar-refractivity contribution in [3.05, 3.63) is 69.8 Å². The zero-order valence-corrected chi connectivity index (χ0v) is 32.3. The quantitative estimate of drug-likeness (QED) is 0.270. The van der Waals surface area contributed by atoms with Gasteiger partial charge in [0.1, 0.15) is 17.2 Å². The zero-order valence-electron chi connectivity index (χ0n) is 32.3. The molecule has 4 heteroatoms. The average Bonchev–Trinajstić information content (AvgIpc) is 2.82. The number of nitrogens with zero attached hydrogens (tertiary/aromatic N) is 1. The first kappa shape index (κ1) is 37.3. The lowest BCUT2D eigenvalue weighted by atomic mass is 9.78. The first-order valence-electron chi connectivity index (χ1n) is 16.8. The summed E-state index contributed by atoms with van der Waals surface area (Å²) in [6, 6.07) is 12.4. The fraction of sp³-hybridized carbons (Fsp3) is 0.571. The normalized spacial score (nSPS) is 13.7. The number of aromatic hydroxyl groups is 3. The van der Waals surface area contributed by atoms with Gasteiger partial charge in [0.2, 0.25) is 0 Å². The highest BCUT2D eigenvalue weighted by molar-refractivity contribution is 5.89. The maximum absolute atomic E-state index is 12.3. The van der Waals surface area contributed by atoms with Crippen molar-refractivity contribution < 1.29 is 15.3 Å². The van der Waals surface area contributed by atoms with Crippen LogP contribution in [0.4, 0.5) is 17.1 Å². The number of phenols is 3. The van der Waals surface area contributed by atoms with E-state index in [1.807, 2.05) is 23.1 Å². The van der Waals surface area contributed by atoms with Gasteiger partial charge >= 0.3 is 0 Å². The topological polar surface area (TPSA) is 63.9 Å². The molecule has 46 heavy (non-hydrogen) atoms. The van der Waals surface area contributed by atoms with Crippen LogP contribution in [0.15, 0.2) is 36.4 Å². The summed E-state index contributed by atoms with van der Waals surface area (Å²) in [4.78, 5) is 1.92. The molecule has 0 aromatic heterocycles. The first-order chi connectivity index (χ1) is 20.4. The summed E-state index contributed by atoms with van der Waals surface area (Å²) in [7, 11) is 0. The van der Waals surface area contributed by atoms with Gasteiger partial charge in [-0.05, 0) is 67.4 Å². The molecule has 0 amide bonds. The molecule has 0 heterocycles. The van der Waals surface area contributed by atoms with Gasteiger partial charge in [-0.15, -0.1) is 0 Å². The van der Waals surface area contributed by atoms with Crippen molar-refractivity contribution in [2.75, 3.05) is 4.90 Å². The lowest BCUT2D eigenvalue weighted by molar-refractivity contribution is 0.439. The fourth-order valence-electron chi connectivity index (χ4n) is 5.77. The standard InChI is InChI=1S/C42H63NO3/c1-37(2,3)25-19-28(40(10,11)12)34(44)31(22-25)43(32-23-26(38(4,5)6)20-29(35(32)45)41(13,14)15)33-24-27(39(7,8)9)21-30(36(33)46)42(16,17)18/h19-24,44-46H,1-18H3. The summed E-state index contributed by atoms with van der Waals surface area (Å²) in [6.45, 7) is 38.5. The van der Waals surface area contributed by atoms with Crippen LogP contribution in [0.3, 0.4) is 0 Å². The number of anilines is 3. The second kappa shape index (κ2) is 11.5. The van der Waals surface area contributed by atoms with Crippen LogP contribution in [-0.2, 0) is 32.5 Å². The second-order valence-electron chi connectivity index (χ2n) is 19.5. The van der Waals surface area contributed by atoms with Gasteiger partial charge in [0.05, 0.1) is 17.1 Å². The van der Waals surface area contributed by atoms with Crippen molar-refractivity contribution in [3.63, 3.8) is 0 Å². The molecule has 0 saturated carbocycles. The number of hydrogen-bond donors (Lipinski definition) is 3. The van der Waals surface area contributed by atoms with E-state index in [0.29, 0.717) is 17.1 Å². The molecule has 0 aliphatic rings. The molecule has 3 rings (SSSR count). The Kier molecular flexibility index (Phi) is 9.35. The molecule has 4 nitrogen and oxygen atoms in total. The molecule has 0 unspecified atom stereocenters. The van der Waals surface area contributed by atoms with Gasteiger partial charge in [0.25, 0.3) is 0 Å². The van der Waals surface area contributed by atoms with E-state index in [2.05, 4.69) is 143 Å². The van der Waals surface area contributed by atoms with Crippen LogP contribution in [0.2, 0.25) is 0 Å². The molecule has 0 aliphatic heterocycles. The second-order valence-corrected chi connectivity index (χ2v) is 19.5. The molecule has 0 radical (unpaired) electrons. The predicted molar refractivity (Wildman–Crippen MR) is 198 cm³/mol. The van der Waals surface area contributed by atoms with Crippen LogP contribution in [0.1, 0.15) is 158 Å². The number of phenolic OH excluding ortho intramolecular Hbond substituents is 3. The van der Waals surface area contributed by atoms with Crippen molar-refractivity contribution >= 4 is 17.1 Å². The third-order valence-corrected chi connectivity index (χ3v) is 9.01. The lowest BCUT2D eigenvalue weighted by Crippen LogP contribution is -2.23. The Balaban J connectivity index is 2.78. The maximum atomic E-state index is 12.3. The number of benzene rings is 3. The molecule has 254 valence electrons. The van der Waals surface area contributed by atoms with E-state index in [-0.39, 0.29) is 49.7 Å². The molecule has 0 atom stereocenters. The summed E-state index contributed by atoms with van der Waals surface area (Å²) < 4.78 is 0. The van der Waals surface area contributed by atoms with Crippen LogP contribution in [0.25, 0.3) is 0 Å². The van der Waals surface area contributed by atoms with E-state index in [1.54, 1.807) is 0 Å². The molecule has 0 aliphatic carbocycles. The van der Waals surface area contributed by atoms with Crippen LogP contribution in [-0.4, -0.2) is 15.3 Å². The molecule has 0 fully saturated rings. The average molecular weight is 630 g/mol. The van der Waals surface area contributed by atoms with Gasteiger partial charge in [-0.3, -0.25) is 4.90 Å². The van der Waals surface area contributed by atoms with E-state index in [4.69, 9.17) is 0 Å². The van der Waals surface area contributed by atoms with Crippen LogP contribution in [0, 0.1) is 0 Å². The number of hydrogen-bond acceptors (Lipinski definition) is 4. The largest absolute Gasteiger partial charge is 0.505 e. The predicted octanol–water partition coefficient (Wildman–Crippen LogP) is 12.1. The van der Waals surface area contributed by atoms with E-state index >= 15 is 0 Å². The molecular formula is C42H63NO3. The van der Waals surface area contributed by atoms with E-state index in [1.165, 1.54) is 0 Å². The molecule has 3 aromatic rings. The molecule has 0 bridgehead atoms. The molecular weight excluding hydrogens is 566 g/mol. The van der Waals surface area contributed by atoms with Crippen molar-refractivity contribution in [2.24, 2.45) is 0 Å². The summed E-state index contributed by atoms with van der Waals surface area (Å²) >= 11 is 0. The van der Waals surface area contributed by atoms with Crippen molar-refractivity contribution in [1.29, 1.82) is 0 Å². The highest BCUT2D eigenvalue weighted by atomic mass is 16.3. The van der Waals surface area contributed by atoms with E-state index in [0.717, 1.165) is 33.4 Å². The molecule has 0 saturated heterocycles. The monoisotopic (exact) mass is 629 g/mol. The fourth-order valence-corrected chi connectivity index (χ4v) is 5.77. The van der Waals surface area contributed by atoms with Gasteiger partial charge in [0.15, 0.2) is 0 Å². The van der Waals surface area contributed by atoms with Crippen LogP contribution in [0.5, 0.6) is 17.2 Å². The molecule has 0 spiro atoms. The van der Waals surface area contributed by atoms with E-state index < -0.39 is 0 Å². The van der Waals surface area contributed by atoms with Crippen molar-refractivity contribution in [3.8, 4) is 17.2 Å². The van der Waals surface area contributed by atoms with Gasteiger partial charge in [0, 0.05) is 16.7 Å². The van der Waals surface area contributed by atoms with Crippen molar-refractivity contribution in [2.45, 2.75) is 157 Å². The third kappa shape index (κ3) is 7.53. The Bertz CT molecular complexity index is 1410.